The Morgan fingerprint density at radius 3 is 2.78 bits per heavy atom. The van der Waals surface area contributed by atoms with Crippen molar-refractivity contribution in [3.05, 3.63) is 58.4 Å². The van der Waals surface area contributed by atoms with E-state index in [1.54, 1.807) is 6.07 Å². The third-order valence-corrected chi connectivity index (χ3v) is 5.20. The van der Waals surface area contributed by atoms with Crippen molar-refractivity contribution in [3.8, 4) is 0 Å². The Morgan fingerprint density at radius 1 is 1.30 bits per heavy atom. The summed E-state index contributed by atoms with van der Waals surface area (Å²) in [6.07, 6.45) is 3.88. The number of nitrogens with zero attached hydrogens (tertiary/aromatic N) is 3. The summed E-state index contributed by atoms with van der Waals surface area (Å²) in [6, 6.07) is 11.5. The van der Waals surface area contributed by atoms with Crippen LogP contribution in [0.25, 0.3) is 0 Å². The van der Waals surface area contributed by atoms with Crippen molar-refractivity contribution in [1.29, 1.82) is 0 Å². The lowest BCUT2D eigenvalue weighted by molar-refractivity contribution is 0.459. The standard InChI is InChI=1S/C20H25BrFN5/c1-2-23-20(25-14-15-6-7-17(21)18(22)13-15)26-16-8-11-27(12-9-16)19-5-3-4-10-24-19/h3-7,10,13,16H,2,8-9,11-12,14H2,1H3,(H2,23,25,26). The molecule has 0 spiro atoms. The van der Waals surface area contributed by atoms with E-state index in [-0.39, 0.29) is 5.82 Å². The summed E-state index contributed by atoms with van der Waals surface area (Å²) in [5.41, 5.74) is 0.845. The summed E-state index contributed by atoms with van der Waals surface area (Å²) >= 11 is 3.18. The number of aliphatic imine (C=N–C) groups is 1. The topological polar surface area (TPSA) is 52.6 Å². The second kappa shape index (κ2) is 9.69. The van der Waals surface area contributed by atoms with Crippen LogP contribution in [-0.2, 0) is 6.54 Å². The highest BCUT2D eigenvalue weighted by Gasteiger charge is 2.20. The van der Waals surface area contributed by atoms with Crippen LogP contribution < -0.4 is 15.5 Å². The highest BCUT2D eigenvalue weighted by molar-refractivity contribution is 9.10. The van der Waals surface area contributed by atoms with Gasteiger partial charge in [-0.05, 0) is 65.5 Å². The van der Waals surface area contributed by atoms with E-state index in [0.29, 0.717) is 17.1 Å². The van der Waals surface area contributed by atoms with Crippen LogP contribution in [0.4, 0.5) is 10.2 Å². The monoisotopic (exact) mass is 433 g/mol. The fraction of sp³-hybridized carbons (Fsp3) is 0.400. The van der Waals surface area contributed by atoms with Crippen LogP contribution in [-0.4, -0.2) is 36.6 Å². The first-order chi connectivity index (χ1) is 13.2. The molecule has 2 heterocycles. The normalized spacial score (nSPS) is 15.7. The van der Waals surface area contributed by atoms with E-state index in [9.17, 15) is 4.39 Å². The third-order valence-electron chi connectivity index (χ3n) is 4.56. The van der Waals surface area contributed by atoms with Gasteiger partial charge in [-0.2, -0.15) is 0 Å². The molecule has 1 aliphatic rings. The van der Waals surface area contributed by atoms with E-state index >= 15 is 0 Å². The molecule has 7 heteroatoms. The van der Waals surface area contributed by atoms with E-state index in [1.807, 2.05) is 31.3 Å². The van der Waals surface area contributed by atoms with Gasteiger partial charge in [0.15, 0.2) is 5.96 Å². The molecule has 0 unspecified atom stereocenters. The van der Waals surface area contributed by atoms with Crippen molar-refractivity contribution in [1.82, 2.24) is 15.6 Å². The number of piperidine rings is 1. The van der Waals surface area contributed by atoms with Crippen LogP contribution >= 0.6 is 15.9 Å². The number of anilines is 1. The van der Waals surface area contributed by atoms with Gasteiger partial charge in [-0.3, -0.25) is 0 Å². The molecule has 5 nitrogen and oxygen atoms in total. The first-order valence-electron chi connectivity index (χ1n) is 9.30. The number of pyridine rings is 1. The Morgan fingerprint density at radius 2 is 2.11 bits per heavy atom. The summed E-state index contributed by atoms with van der Waals surface area (Å²) in [4.78, 5) is 11.4. The number of benzene rings is 1. The van der Waals surface area contributed by atoms with Crippen LogP contribution in [0.2, 0.25) is 0 Å². The van der Waals surface area contributed by atoms with Crippen molar-refractivity contribution in [2.45, 2.75) is 32.4 Å². The molecule has 2 aromatic rings. The summed E-state index contributed by atoms with van der Waals surface area (Å²) in [5, 5.41) is 6.79. The van der Waals surface area contributed by atoms with Crippen LogP contribution in [0, 0.1) is 5.82 Å². The highest BCUT2D eigenvalue weighted by atomic mass is 79.9. The Hall–Kier alpha value is -2.15. The van der Waals surface area contributed by atoms with Gasteiger partial charge in [0.1, 0.15) is 11.6 Å². The molecule has 1 saturated heterocycles. The third kappa shape index (κ3) is 5.66. The predicted molar refractivity (Wildman–Crippen MR) is 112 cm³/mol. The fourth-order valence-electron chi connectivity index (χ4n) is 3.12. The molecule has 2 N–H and O–H groups in total. The Balaban J connectivity index is 1.55. The number of hydrogen-bond donors (Lipinski definition) is 2. The van der Waals surface area contributed by atoms with Crippen LogP contribution in [0.1, 0.15) is 25.3 Å². The minimum Gasteiger partial charge on any atom is -0.357 e. The molecule has 0 saturated carbocycles. The second-order valence-corrected chi connectivity index (χ2v) is 7.39. The Kier molecular flexibility index (Phi) is 7.04. The minimum atomic E-state index is -0.262. The average Bonchev–Trinajstić information content (AvgIpc) is 2.70. The van der Waals surface area contributed by atoms with Crippen LogP contribution in [0.3, 0.4) is 0 Å². The van der Waals surface area contributed by atoms with Gasteiger partial charge in [-0.1, -0.05) is 12.1 Å². The first kappa shape index (κ1) is 19.6. The van der Waals surface area contributed by atoms with Gasteiger partial charge in [0, 0.05) is 31.9 Å². The molecule has 1 aromatic heterocycles. The molecular weight excluding hydrogens is 409 g/mol. The van der Waals surface area contributed by atoms with Gasteiger partial charge in [0.25, 0.3) is 0 Å². The smallest absolute Gasteiger partial charge is 0.191 e. The van der Waals surface area contributed by atoms with E-state index in [1.165, 1.54) is 6.07 Å². The lowest BCUT2D eigenvalue weighted by Gasteiger charge is -2.33. The molecule has 1 fully saturated rings. The number of aromatic nitrogens is 1. The van der Waals surface area contributed by atoms with E-state index in [0.717, 1.165) is 49.8 Å². The molecule has 144 valence electrons. The average molecular weight is 434 g/mol. The zero-order valence-electron chi connectivity index (χ0n) is 15.5. The summed E-state index contributed by atoms with van der Waals surface area (Å²) in [7, 11) is 0. The fourth-order valence-corrected chi connectivity index (χ4v) is 3.36. The molecule has 0 radical (unpaired) electrons. The number of hydrogen-bond acceptors (Lipinski definition) is 3. The van der Waals surface area contributed by atoms with Gasteiger partial charge in [-0.15, -0.1) is 0 Å². The van der Waals surface area contributed by atoms with Crippen LogP contribution in [0.5, 0.6) is 0 Å². The van der Waals surface area contributed by atoms with Crippen molar-refractivity contribution in [3.63, 3.8) is 0 Å². The second-order valence-electron chi connectivity index (χ2n) is 6.54. The number of halogens is 2. The number of guanidine groups is 1. The maximum absolute atomic E-state index is 13.7. The molecule has 0 bridgehead atoms. The molecule has 0 atom stereocenters. The Bertz CT molecular complexity index is 760. The highest BCUT2D eigenvalue weighted by Crippen LogP contribution is 2.18. The minimum absolute atomic E-state index is 0.262. The van der Waals surface area contributed by atoms with E-state index in [4.69, 9.17) is 0 Å². The maximum Gasteiger partial charge on any atom is 0.191 e. The van der Waals surface area contributed by atoms with Gasteiger partial charge < -0.3 is 15.5 Å². The largest absolute Gasteiger partial charge is 0.357 e. The molecular formula is C20H25BrFN5. The first-order valence-corrected chi connectivity index (χ1v) is 10.1. The molecule has 0 aliphatic carbocycles. The summed E-state index contributed by atoms with van der Waals surface area (Å²) in [6.45, 7) is 5.19. The molecule has 0 amide bonds. The summed E-state index contributed by atoms with van der Waals surface area (Å²) in [5.74, 6) is 1.55. The van der Waals surface area contributed by atoms with Gasteiger partial charge in [0.2, 0.25) is 0 Å². The quantitative estimate of drug-likeness (QED) is 0.557. The van der Waals surface area contributed by atoms with Crippen LogP contribution in [0.15, 0.2) is 52.1 Å². The van der Waals surface area contributed by atoms with E-state index in [2.05, 4.69) is 47.5 Å². The lowest BCUT2D eigenvalue weighted by Crippen LogP contribution is -2.48. The van der Waals surface area contributed by atoms with Gasteiger partial charge >= 0.3 is 0 Å². The van der Waals surface area contributed by atoms with E-state index < -0.39 is 0 Å². The number of rotatable bonds is 5. The SMILES string of the molecule is CCNC(=NCc1ccc(Br)c(F)c1)NC1CCN(c2ccccn2)CC1. The Labute approximate surface area is 168 Å². The van der Waals surface area contributed by atoms with Gasteiger partial charge in [-0.25, -0.2) is 14.4 Å². The predicted octanol–water partition coefficient (Wildman–Crippen LogP) is 3.71. The van der Waals surface area contributed by atoms with Gasteiger partial charge in [0.05, 0.1) is 11.0 Å². The summed E-state index contributed by atoms with van der Waals surface area (Å²) < 4.78 is 14.1. The lowest BCUT2D eigenvalue weighted by atomic mass is 10.1. The molecule has 1 aliphatic heterocycles. The van der Waals surface area contributed by atoms with Crippen molar-refractivity contribution >= 4 is 27.7 Å². The number of nitrogens with one attached hydrogen (secondary N) is 2. The molecule has 27 heavy (non-hydrogen) atoms. The maximum atomic E-state index is 13.7. The zero-order valence-corrected chi connectivity index (χ0v) is 17.0. The molecule has 1 aromatic carbocycles. The molecule has 3 rings (SSSR count). The zero-order chi connectivity index (χ0) is 19.1. The van der Waals surface area contributed by atoms with Crippen molar-refractivity contribution in [2.75, 3.05) is 24.5 Å². The van der Waals surface area contributed by atoms with Crippen molar-refractivity contribution < 1.29 is 4.39 Å². The van der Waals surface area contributed by atoms with Crippen molar-refractivity contribution in [2.24, 2.45) is 4.99 Å².